The molecule has 2 aromatic rings. The predicted octanol–water partition coefficient (Wildman–Crippen LogP) is 7.94. The normalized spacial score (nSPS) is 12.5. The molecule has 2 heterocycles. The fourth-order valence-electron chi connectivity index (χ4n) is 3.96. The summed E-state index contributed by atoms with van der Waals surface area (Å²) in [5.41, 5.74) is 11.4. The zero-order chi connectivity index (χ0) is 26.5. The van der Waals surface area contributed by atoms with E-state index in [-0.39, 0.29) is 17.0 Å². The molecule has 0 aliphatic heterocycles. The molecule has 7 nitrogen and oxygen atoms in total. The number of imidazole rings is 1. The number of allylic oxidation sites excluding steroid dienone is 8. The molecule has 0 aliphatic rings. The lowest BCUT2D eigenvalue weighted by molar-refractivity contribution is -0.647. The number of hydrogen-bond donors (Lipinski definition) is 0. The molecule has 0 saturated carbocycles. The van der Waals surface area contributed by atoms with Crippen LogP contribution in [0.4, 0.5) is 5.82 Å². The summed E-state index contributed by atoms with van der Waals surface area (Å²) in [5.74, 6) is 0.470. The molecule has 0 N–H and O–H groups in total. The summed E-state index contributed by atoms with van der Waals surface area (Å²) in [7, 11) is 3.48. The van der Waals surface area contributed by atoms with Gasteiger partial charge in [0, 0.05) is 12.9 Å². The maximum absolute atomic E-state index is 5.50. The molecule has 206 valence electrons. The van der Waals surface area contributed by atoms with E-state index >= 15 is 0 Å². The van der Waals surface area contributed by atoms with Crippen molar-refractivity contribution in [3.8, 4) is 6.01 Å². The van der Waals surface area contributed by atoms with E-state index < -0.39 is 0 Å². The highest BCUT2D eigenvalue weighted by Gasteiger charge is 2.17. The van der Waals surface area contributed by atoms with Crippen molar-refractivity contribution in [1.82, 2.24) is 14.5 Å². The van der Waals surface area contributed by atoms with Gasteiger partial charge in [0.05, 0.1) is 20.2 Å². The van der Waals surface area contributed by atoms with Crippen LogP contribution in [0.3, 0.4) is 0 Å². The first kappa shape index (κ1) is 32.6. The second-order valence-corrected chi connectivity index (χ2v) is 9.64. The van der Waals surface area contributed by atoms with Gasteiger partial charge in [-0.15, -0.1) is 17.0 Å². The maximum atomic E-state index is 5.50. The molecule has 0 saturated heterocycles. The largest absolute Gasteiger partial charge is 0.468 e. The van der Waals surface area contributed by atoms with Crippen LogP contribution in [0.2, 0.25) is 0 Å². The molecule has 8 heteroatoms. The monoisotopic (exact) mass is 575 g/mol. The van der Waals surface area contributed by atoms with Gasteiger partial charge in [-0.05, 0) is 80.1 Å². The first-order valence-electron chi connectivity index (χ1n) is 13.0. The highest BCUT2D eigenvalue weighted by Crippen LogP contribution is 2.27. The van der Waals surface area contributed by atoms with E-state index in [1.807, 2.05) is 24.9 Å². The van der Waals surface area contributed by atoms with Crippen LogP contribution in [0.5, 0.6) is 6.01 Å². The van der Waals surface area contributed by atoms with Crippen molar-refractivity contribution >= 4 is 34.0 Å². The minimum atomic E-state index is 0. The number of halogens is 1. The standard InChI is InChI=1S/C29H45N5O2.BrH/c1-9-36-29-30-27(32-35-8)26-28(31-29)33(7)21-34(26)20-19-25(6)18-12-17-24(5)16-11-15-23(4)14-10-13-22(2)3;/h13,15,17,19,21H,9-12,14,16,18,20H2,1-8H3;1H/b23-15+,24-17+,25-19+;. The van der Waals surface area contributed by atoms with Gasteiger partial charge in [0.25, 0.3) is 6.01 Å². The molecular weight excluding hydrogens is 530 g/mol. The SMILES string of the molecule is Br.CCOc1nc([N-]OC)c2c(n1)[n+](C)cn2C/C=C(\C)CC/C=C(\C)CC/C=C(\C)CCC=C(C)C. The van der Waals surface area contributed by atoms with Gasteiger partial charge in [-0.2, -0.15) is 0 Å². The Morgan fingerprint density at radius 1 is 0.919 bits per heavy atom. The predicted molar refractivity (Wildman–Crippen MR) is 159 cm³/mol. The Hall–Kier alpha value is -2.45. The second kappa shape index (κ2) is 17.1. The van der Waals surface area contributed by atoms with Crippen molar-refractivity contribution in [1.29, 1.82) is 0 Å². The quantitative estimate of drug-likeness (QED) is 0.123. The van der Waals surface area contributed by atoms with Gasteiger partial charge >= 0.3 is 5.65 Å². The summed E-state index contributed by atoms with van der Waals surface area (Å²) >= 11 is 0. The number of rotatable bonds is 15. The third kappa shape index (κ3) is 11.2. The third-order valence-electron chi connectivity index (χ3n) is 6.00. The van der Waals surface area contributed by atoms with Crippen molar-refractivity contribution in [2.75, 3.05) is 13.7 Å². The molecule has 0 amide bonds. The fourth-order valence-corrected chi connectivity index (χ4v) is 3.96. The Balaban J connectivity index is 0.00000684. The summed E-state index contributed by atoms with van der Waals surface area (Å²) in [5, 5.41) is 0. The Labute approximate surface area is 234 Å². The lowest BCUT2D eigenvalue weighted by Crippen LogP contribution is -2.26. The van der Waals surface area contributed by atoms with Crippen molar-refractivity contribution in [2.24, 2.45) is 7.05 Å². The Morgan fingerprint density at radius 3 is 2.03 bits per heavy atom. The maximum Gasteiger partial charge on any atom is 0.305 e. The summed E-state index contributed by atoms with van der Waals surface area (Å²) in [6.45, 7) is 14.1. The molecule has 0 spiro atoms. The van der Waals surface area contributed by atoms with Gasteiger partial charge in [0.1, 0.15) is 0 Å². The molecule has 37 heavy (non-hydrogen) atoms. The zero-order valence-electron chi connectivity index (χ0n) is 24.0. The van der Waals surface area contributed by atoms with Crippen LogP contribution in [-0.4, -0.2) is 28.3 Å². The highest BCUT2D eigenvalue weighted by molar-refractivity contribution is 8.93. The second-order valence-electron chi connectivity index (χ2n) is 9.64. The zero-order valence-corrected chi connectivity index (χ0v) is 25.7. The van der Waals surface area contributed by atoms with Crippen LogP contribution >= 0.6 is 17.0 Å². The Kier molecular flexibility index (Phi) is 15.1. The number of aryl methyl sites for hydroxylation is 1. The molecule has 2 aromatic heterocycles. The van der Waals surface area contributed by atoms with Crippen molar-refractivity contribution in [3.63, 3.8) is 0 Å². The van der Waals surface area contributed by atoms with Crippen LogP contribution in [0.25, 0.3) is 16.6 Å². The lowest BCUT2D eigenvalue weighted by atomic mass is 10.0. The minimum Gasteiger partial charge on any atom is -0.468 e. The van der Waals surface area contributed by atoms with Crippen LogP contribution in [0.15, 0.2) is 52.9 Å². The number of hydrogen-bond acceptors (Lipinski definition) is 4. The fraction of sp³-hybridized carbons (Fsp3) is 0.552. The van der Waals surface area contributed by atoms with E-state index in [1.54, 1.807) is 0 Å². The van der Waals surface area contributed by atoms with Crippen LogP contribution < -0.4 is 9.30 Å². The smallest absolute Gasteiger partial charge is 0.305 e. The first-order valence-corrected chi connectivity index (χ1v) is 13.0. The van der Waals surface area contributed by atoms with Crippen LogP contribution in [0.1, 0.15) is 80.1 Å². The molecule has 0 radical (unpaired) electrons. The number of nitrogens with zero attached hydrogens (tertiary/aromatic N) is 5. The van der Waals surface area contributed by atoms with E-state index in [0.29, 0.717) is 25.0 Å². The Morgan fingerprint density at radius 2 is 1.49 bits per heavy atom. The highest BCUT2D eigenvalue weighted by atomic mass is 79.9. The van der Waals surface area contributed by atoms with Crippen molar-refractivity contribution in [3.05, 3.63) is 58.4 Å². The number of aromatic nitrogens is 4. The van der Waals surface area contributed by atoms with E-state index in [2.05, 4.69) is 78.9 Å². The number of fused-ring (bicyclic) bond motifs is 1. The lowest BCUT2D eigenvalue weighted by Gasteiger charge is -2.13. The van der Waals surface area contributed by atoms with Crippen LogP contribution in [0, 0.1) is 0 Å². The molecule has 0 bridgehead atoms. The molecule has 0 aromatic carbocycles. The van der Waals surface area contributed by atoms with E-state index in [0.717, 1.165) is 49.7 Å². The molecule has 0 unspecified atom stereocenters. The van der Waals surface area contributed by atoms with Gasteiger partial charge in [0.15, 0.2) is 11.8 Å². The van der Waals surface area contributed by atoms with Crippen LogP contribution in [-0.2, 0) is 18.4 Å². The van der Waals surface area contributed by atoms with Crippen molar-refractivity contribution < 1.29 is 14.1 Å². The molecule has 0 fully saturated rings. The van der Waals surface area contributed by atoms with E-state index in [4.69, 9.17) is 9.57 Å². The molecular formula is C29H46BrN5O2. The average Bonchev–Trinajstić information content (AvgIpc) is 3.13. The molecule has 2 rings (SSSR count). The number of ether oxygens (including phenoxy) is 1. The van der Waals surface area contributed by atoms with Gasteiger partial charge in [-0.1, -0.05) is 51.6 Å². The van der Waals surface area contributed by atoms with E-state index in [9.17, 15) is 0 Å². The van der Waals surface area contributed by atoms with Gasteiger partial charge in [0.2, 0.25) is 0 Å². The van der Waals surface area contributed by atoms with Gasteiger partial charge < -0.3 is 20.0 Å². The Bertz CT molecular complexity index is 1110. The molecule has 0 atom stereocenters. The third-order valence-corrected chi connectivity index (χ3v) is 6.00. The average molecular weight is 577 g/mol. The summed E-state index contributed by atoms with van der Waals surface area (Å²) in [4.78, 5) is 14.0. The summed E-state index contributed by atoms with van der Waals surface area (Å²) < 4.78 is 9.56. The summed E-state index contributed by atoms with van der Waals surface area (Å²) in [6.07, 6.45) is 18.0. The first-order chi connectivity index (χ1) is 17.2. The summed E-state index contributed by atoms with van der Waals surface area (Å²) in [6, 6.07) is 0.303. The van der Waals surface area contributed by atoms with Crippen molar-refractivity contribution in [2.45, 2.75) is 86.6 Å². The topological polar surface area (TPSA) is 67.2 Å². The molecule has 0 aliphatic carbocycles. The van der Waals surface area contributed by atoms with Gasteiger partial charge in [-0.25, -0.2) is 4.57 Å². The van der Waals surface area contributed by atoms with E-state index in [1.165, 1.54) is 29.4 Å². The van der Waals surface area contributed by atoms with Gasteiger partial charge in [-0.3, -0.25) is 4.57 Å². The minimum absolute atomic E-state index is 0.